The SMILES string of the molecule is CCC(C(=O)NCc1ccco1)n1ncn2c(cc3occc32)c1=O. The minimum atomic E-state index is -0.700. The lowest BCUT2D eigenvalue weighted by atomic mass is 10.2. The van der Waals surface area contributed by atoms with Gasteiger partial charge in [-0.05, 0) is 18.6 Å². The lowest BCUT2D eigenvalue weighted by Crippen LogP contribution is -2.38. The number of hydrogen-bond acceptors (Lipinski definition) is 5. The first-order valence-corrected chi connectivity index (χ1v) is 7.95. The zero-order chi connectivity index (χ0) is 17.4. The first-order chi connectivity index (χ1) is 12.2. The Kier molecular flexibility index (Phi) is 3.64. The van der Waals surface area contributed by atoms with Gasteiger partial charge >= 0.3 is 0 Å². The van der Waals surface area contributed by atoms with Crippen molar-refractivity contribution in [3.63, 3.8) is 0 Å². The Bertz CT molecular complexity index is 1090. The highest BCUT2D eigenvalue weighted by molar-refractivity contribution is 5.82. The fourth-order valence-electron chi connectivity index (χ4n) is 2.91. The molecule has 0 bridgehead atoms. The number of nitrogens with zero attached hydrogens (tertiary/aromatic N) is 3. The van der Waals surface area contributed by atoms with Crippen LogP contribution in [0.25, 0.3) is 16.6 Å². The van der Waals surface area contributed by atoms with Gasteiger partial charge in [0.05, 0.1) is 24.6 Å². The number of aromatic nitrogens is 3. The maximum atomic E-state index is 12.8. The topological polar surface area (TPSA) is 94.7 Å². The number of rotatable bonds is 5. The van der Waals surface area contributed by atoms with Crippen molar-refractivity contribution in [2.45, 2.75) is 25.9 Å². The highest BCUT2D eigenvalue weighted by Gasteiger charge is 2.22. The fourth-order valence-corrected chi connectivity index (χ4v) is 2.91. The van der Waals surface area contributed by atoms with Crippen molar-refractivity contribution in [2.24, 2.45) is 0 Å². The lowest BCUT2D eigenvalue weighted by Gasteiger charge is -2.16. The maximum Gasteiger partial charge on any atom is 0.291 e. The molecule has 1 N–H and O–H groups in total. The second-order valence-corrected chi connectivity index (χ2v) is 5.67. The molecule has 128 valence electrons. The summed E-state index contributed by atoms with van der Waals surface area (Å²) in [5.41, 5.74) is 1.45. The van der Waals surface area contributed by atoms with Gasteiger partial charge in [0.1, 0.15) is 23.6 Å². The molecule has 0 aliphatic rings. The number of carbonyl (C=O) groups excluding carboxylic acids is 1. The molecule has 4 aromatic rings. The molecule has 1 atom stereocenters. The van der Waals surface area contributed by atoms with Gasteiger partial charge in [0.2, 0.25) is 5.91 Å². The smallest absolute Gasteiger partial charge is 0.291 e. The minimum absolute atomic E-state index is 0.261. The summed E-state index contributed by atoms with van der Waals surface area (Å²) >= 11 is 0. The van der Waals surface area contributed by atoms with Crippen LogP contribution in [0.3, 0.4) is 0 Å². The first kappa shape index (κ1) is 15.3. The van der Waals surface area contributed by atoms with Crippen LogP contribution >= 0.6 is 0 Å². The second-order valence-electron chi connectivity index (χ2n) is 5.67. The average Bonchev–Trinajstić information content (AvgIpc) is 3.33. The number of fused-ring (bicyclic) bond motifs is 3. The van der Waals surface area contributed by atoms with Crippen molar-refractivity contribution >= 4 is 22.5 Å². The Balaban J connectivity index is 1.67. The summed E-state index contributed by atoms with van der Waals surface area (Å²) in [4.78, 5) is 25.3. The van der Waals surface area contributed by atoms with Crippen molar-refractivity contribution in [2.75, 3.05) is 0 Å². The molecule has 4 aromatic heterocycles. The van der Waals surface area contributed by atoms with Gasteiger partial charge in [-0.3, -0.25) is 14.0 Å². The minimum Gasteiger partial charge on any atom is -0.467 e. The molecule has 0 aromatic carbocycles. The molecule has 0 saturated carbocycles. The Hall–Kier alpha value is -3.29. The van der Waals surface area contributed by atoms with Crippen LogP contribution in [0.1, 0.15) is 25.1 Å². The predicted molar refractivity (Wildman–Crippen MR) is 89.1 cm³/mol. The van der Waals surface area contributed by atoms with Gasteiger partial charge in [-0.25, -0.2) is 4.68 Å². The molecular weight excluding hydrogens is 324 g/mol. The zero-order valence-electron chi connectivity index (χ0n) is 13.5. The molecular formula is C17H16N4O4. The van der Waals surface area contributed by atoms with Crippen LogP contribution in [0.5, 0.6) is 0 Å². The molecule has 1 unspecified atom stereocenters. The van der Waals surface area contributed by atoms with Crippen molar-refractivity contribution in [1.82, 2.24) is 19.5 Å². The fraction of sp³-hybridized carbons (Fsp3) is 0.235. The largest absolute Gasteiger partial charge is 0.467 e. The average molecular weight is 340 g/mol. The van der Waals surface area contributed by atoms with Crippen molar-refractivity contribution in [1.29, 1.82) is 0 Å². The molecule has 4 rings (SSSR count). The number of carbonyl (C=O) groups is 1. The van der Waals surface area contributed by atoms with E-state index in [2.05, 4.69) is 10.4 Å². The molecule has 25 heavy (non-hydrogen) atoms. The van der Waals surface area contributed by atoms with Crippen molar-refractivity contribution in [3.8, 4) is 0 Å². The van der Waals surface area contributed by atoms with Gasteiger partial charge in [0, 0.05) is 12.1 Å². The molecule has 0 fully saturated rings. The highest BCUT2D eigenvalue weighted by atomic mass is 16.3. The van der Waals surface area contributed by atoms with E-state index in [-0.39, 0.29) is 18.0 Å². The predicted octanol–water partition coefficient (Wildman–Crippen LogP) is 2.10. The van der Waals surface area contributed by atoms with Crippen LogP contribution in [0, 0.1) is 0 Å². The van der Waals surface area contributed by atoms with Gasteiger partial charge in [0.15, 0.2) is 5.58 Å². The number of nitrogens with one attached hydrogen (secondary N) is 1. The quantitative estimate of drug-likeness (QED) is 0.600. The van der Waals surface area contributed by atoms with Gasteiger partial charge in [-0.15, -0.1) is 0 Å². The molecule has 0 aliphatic heterocycles. The van der Waals surface area contributed by atoms with Crippen LogP contribution in [0.4, 0.5) is 0 Å². The molecule has 8 nitrogen and oxygen atoms in total. The van der Waals surface area contributed by atoms with Crippen LogP contribution in [-0.2, 0) is 11.3 Å². The van der Waals surface area contributed by atoms with E-state index in [0.717, 1.165) is 5.52 Å². The number of amides is 1. The van der Waals surface area contributed by atoms with E-state index in [1.807, 2.05) is 6.92 Å². The zero-order valence-corrected chi connectivity index (χ0v) is 13.5. The Morgan fingerprint density at radius 2 is 2.16 bits per heavy atom. The summed E-state index contributed by atoms with van der Waals surface area (Å²) in [6.45, 7) is 2.09. The number of furan rings is 2. The van der Waals surface area contributed by atoms with E-state index in [4.69, 9.17) is 8.83 Å². The Morgan fingerprint density at radius 3 is 2.92 bits per heavy atom. The molecule has 1 amide bonds. The van der Waals surface area contributed by atoms with Crippen LogP contribution in [-0.4, -0.2) is 20.1 Å². The normalized spacial score (nSPS) is 12.7. The van der Waals surface area contributed by atoms with Crippen LogP contribution < -0.4 is 10.9 Å². The molecule has 0 aliphatic carbocycles. The summed E-state index contributed by atoms with van der Waals surface area (Å²) in [7, 11) is 0. The van der Waals surface area contributed by atoms with E-state index in [0.29, 0.717) is 23.3 Å². The molecule has 0 saturated heterocycles. The third kappa shape index (κ3) is 2.51. The van der Waals surface area contributed by atoms with Crippen molar-refractivity contribution in [3.05, 3.63) is 59.2 Å². The second kappa shape index (κ2) is 5.97. The van der Waals surface area contributed by atoms with E-state index >= 15 is 0 Å². The first-order valence-electron chi connectivity index (χ1n) is 7.95. The maximum absolute atomic E-state index is 12.8. The molecule has 0 spiro atoms. The van der Waals surface area contributed by atoms with Crippen LogP contribution in [0.2, 0.25) is 0 Å². The third-order valence-corrected chi connectivity index (χ3v) is 4.18. The van der Waals surface area contributed by atoms with E-state index in [9.17, 15) is 9.59 Å². The third-order valence-electron chi connectivity index (χ3n) is 4.18. The molecule has 0 radical (unpaired) electrons. The van der Waals surface area contributed by atoms with E-state index in [1.54, 1.807) is 41.2 Å². The Morgan fingerprint density at radius 1 is 1.28 bits per heavy atom. The number of hydrogen-bond donors (Lipinski definition) is 1. The van der Waals surface area contributed by atoms with E-state index in [1.165, 1.54) is 11.0 Å². The van der Waals surface area contributed by atoms with Gasteiger partial charge in [0.25, 0.3) is 5.56 Å². The summed E-state index contributed by atoms with van der Waals surface area (Å²) in [6, 6.07) is 6.24. The van der Waals surface area contributed by atoms with Gasteiger partial charge in [-0.1, -0.05) is 6.92 Å². The molecule has 4 heterocycles. The van der Waals surface area contributed by atoms with Crippen molar-refractivity contribution < 1.29 is 13.6 Å². The Labute approximate surface area is 141 Å². The lowest BCUT2D eigenvalue weighted by molar-refractivity contribution is -0.125. The molecule has 8 heteroatoms. The van der Waals surface area contributed by atoms with Gasteiger partial charge in [-0.2, -0.15) is 5.10 Å². The summed E-state index contributed by atoms with van der Waals surface area (Å²) in [6.07, 6.45) is 5.06. The summed E-state index contributed by atoms with van der Waals surface area (Å²) < 4.78 is 13.4. The van der Waals surface area contributed by atoms with E-state index < -0.39 is 6.04 Å². The monoisotopic (exact) mass is 340 g/mol. The van der Waals surface area contributed by atoms with Gasteiger partial charge < -0.3 is 14.2 Å². The standard InChI is InChI=1S/C17H16N4O4/c1-2-12(16(22)18-9-11-4-3-6-24-11)21-17(23)14-8-15-13(5-7-25-15)20(14)10-19-21/h3-8,10,12H,2,9H2,1H3,(H,18,22). The summed E-state index contributed by atoms with van der Waals surface area (Å²) in [5, 5.41) is 6.96. The summed E-state index contributed by atoms with van der Waals surface area (Å²) in [5.74, 6) is 0.360. The highest BCUT2D eigenvalue weighted by Crippen LogP contribution is 2.19. The van der Waals surface area contributed by atoms with Crippen LogP contribution in [0.15, 0.2) is 56.7 Å².